The summed E-state index contributed by atoms with van der Waals surface area (Å²) in [5.74, 6) is -3.28. The van der Waals surface area contributed by atoms with Crippen LogP contribution in [0.1, 0.15) is 10.4 Å². The number of carbonyl (C=O) groups is 1. The van der Waals surface area contributed by atoms with Gasteiger partial charge in [-0.25, -0.2) is 13.6 Å². The van der Waals surface area contributed by atoms with Gasteiger partial charge in [-0.2, -0.15) is 0 Å². The SMILES string of the molecule is O=C(O)c1cc([N+](=O)[O-])ccc1Nc1c(F)cccc1F. The maximum atomic E-state index is 13.5. The van der Waals surface area contributed by atoms with Gasteiger partial charge in [-0.05, 0) is 18.2 Å². The van der Waals surface area contributed by atoms with Gasteiger partial charge in [-0.1, -0.05) is 6.07 Å². The standard InChI is InChI=1S/C13H8F2N2O4/c14-9-2-1-3-10(15)12(9)16-11-5-4-7(17(20)21)6-8(11)13(18)19/h1-6,16H,(H,18,19). The van der Waals surface area contributed by atoms with Crippen molar-refractivity contribution in [3.63, 3.8) is 0 Å². The highest BCUT2D eigenvalue weighted by atomic mass is 19.1. The molecule has 0 radical (unpaired) electrons. The number of carboxylic acid groups (broad SMARTS) is 1. The molecule has 0 aliphatic rings. The van der Waals surface area contributed by atoms with Crippen molar-refractivity contribution in [1.29, 1.82) is 0 Å². The summed E-state index contributed by atoms with van der Waals surface area (Å²) in [6.07, 6.45) is 0. The van der Waals surface area contributed by atoms with E-state index in [-0.39, 0.29) is 5.69 Å². The van der Waals surface area contributed by atoms with E-state index in [0.29, 0.717) is 0 Å². The molecule has 0 bridgehead atoms. The number of hydrogen-bond donors (Lipinski definition) is 2. The summed E-state index contributed by atoms with van der Waals surface area (Å²) in [5, 5.41) is 22.0. The molecule has 0 saturated heterocycles. The minimum atomic E-state index is -1.46. The van der Waals surface area contributed by atoms with Gasteiger partial charge in [0.25, 0.3) is 5.69 Å². The van der Waals surface area contributed by atoms with E-state index in [1.54, 1.807) is 0 Å². The summed E-state index contributed by atoms with van der Waals surface area (Å²) in [5.41, 5.74) is -1.59. The van der Waals surface area contributed by atoms with E-state index < -0.39 is 39.5 Å². The number of nitrogens with one attached hydrogen (secondary N) is 1. The second kappa shape index (κ2) is 5.53. The lowest BCUT2D eigenvalue weighted by Gasteiger charge is -2.11. The number of halogens is 2. The maximum absolute atomic E-state index is 13.5. The third kappa shape index (κ3) is 2.94. The summed E-state index contributed by atoms with van der Waals surface area (Å²) < 4.78 is 27.0. The van der Waals surface area contributed by atoms with Crippen LogP contribution in [0.3, 0.4) is 0 Å². The van der Waals surface area contributed by atoms with Gasteiger partial charge in [0.15, 0.2) is 0 Å². The lowest BCUT2D eigenvalue weighted by atomic mass is 10.1. The highest BCUT2D eigenvalue weighted by Gasteiger charge is 2.18. The average Bonchev–Trinajstić information content (AvgIpc) is 2.42. The van der Waals surface area contributed by atoms with Gasteiger partial charge in [0.2, 0.25) is 0 Å². The Morgan fingerprint density at radius 3 is 2.33 bits per heavy atom. The molecule has 2 aromatic rings. The monoisotopic (exact) mass is 294 g/mol. The van der Waals surface area contributed by atoms with Crippen LogP contribution in [0, 0.1) is 21.7 Å². The second-order valence-electron chi connectivity index (χ2n) is 4.01. The number of aromatic carboxylic acids is 1. The molecule has 2 aromatic carbocycles. The van der Waals surface area contributed by atoms with Crippen molar-refractivity contribution in [2.24, 2.45) is 0 Å². The van der Waals surface area contributed by atoms with Crippen LogP contribution in [0.5, 0.6) is 0 Å². The lowest BCUT2D eigenvalue weighted by molar-refractivity contribution is -0.384. The van der Waals surface area contributed by atoms with Gasteiger partial charge < -0.3 is 10.4 Å². The minimum absolute atomic E-state index is 0.155. The number of benzene rings is 2. The van der Waals surface area contributed by atoms with E-state index in [9.17, 15) is 23.7 Å². The van der Waals surface area contributed by atoms with Crippen molar-refractivity contribution in [1.82, 2.24) is 0 Å². The fraction of sp³-hybridized carbons (Fsp3) is 0. The van der Waals surface area contributed by atoms with Crippen molar-refractivity contribution in [2.75, 3.05) is 5.32 Å². The van der Waals surface area contributed by atoms with Crippen LogP contribution in [-0.4, -0.2) is 16.0 Å². The first-order valence-corrected chi connectivity index (χ1v) is 5.63. The molecule has 21 heavy (non-hydrogen) atoms. The number of rotatable bonds is 4. The zero-order valence-electron chi connectivity index (χ0n) is 10.3. The molecule has 0 fully saturated rings. The molecule has 0 atom stereocenters. The third-order valence-electron chi connectivity index (χ3n) is 2.67. The molecular formula is C13H8F2N2O4. The molecule has 0 saturated carbocycles. The first-order valence-electron chi connectivity index (χ1n) is 5.63. The zero-order valence-corrected chi connectivity index (χ0v) is 10.3. The molecule has 0 heterocycles. The zero-order chi connectivity index (χ0) is 15.6. The molecule has 8 heteroatoms. The number of anilines is 2. The maximum Gasteiger partial charge on any atom is 0.338 e. The summed E-state index contributed by atoms with van der Waals surface area (Å²) >= 11 is 0. The molecule has 0 aromatic heterocycles. The van der Waals surface area contributed by atoms with Gasteiger partial charge in [0.1, 0.15) is 17.3 Å². The molecule has 2 rings (SSSR count). The van der Waals surface area contributed by atoms with Crippen molar-refractivity contribution < 1.29 is 23.6 Å². The van der Waals surface area contributed by atoms with Crippen LogP contribution in [0.25, 0.3) is 0 Å². The predicted octanol–water partition coefficient (Wildman–Crippen LogP) is 3.31. The Labute approximate surface area is 116 Å². The fourth-order valence-corrected chi connectivity index (χ4v) is 1.68. The molecule has 108 valence electrons. The van der Waals surface area contributed by atoms with E-state index in [4.69, 9.17) is 5.11 Å². The highest BCUT2D eigenvalue weighted by Crippen LogP contribution is 2.28. The van der Waals surface area contributed by atoms with E-state index in [0.717, 1.165) is 36.4 Å². The summed E-state index contributed by atoms with van der Waals surface area (Å²) in [6.45, 7) is 0. The second-order valence-corrected chi connectivity index (χ2v) is 4.01. The van der Waals surface area contributed by atoms with Crippen molar-refractivity contribution in [2.45, 2.75) is 0 Å². The highest BCUT2D eigenvalue weighted by molar-refractivity contribution is 5.96. The Kier molecular flexibility index (Phi) is 3.79. The molecule has 0 amide bonds. The van der Waals surface area contributed by atoms with E-state index >= 15 is 0 Å². The third-order valence-corrected chi connectivity index (χ3v) is 2.67. The van der Waals surface area contributed by atoms with Crippen LogP contribution < -0.4 is 5.32 Å². The van der Waals surface area contributed by atoms with E-state index in [1.807, 2.05) is 0 Å². The normalized spacial score (nSPS) is 10.2. The van der Waals surface area contributed by atoms with Crippen LogP contribution in [0.2, 0.25) is 0 Å². The molecular weight excluding hydrogens is 286 g/mol. The van der Waals surface area contributed by atoms with Gasteiger partial charge in [0.05, 0.1) is 16.2 Å². The Balaban J connectivity index is 2.49. The number of nitro benzene ring substituents is 1. The molecule has 0 unspecified atom stereocenters. The summed E-state index contributed by atoms with van der Waals surface area (Å²) in [4.78, 5) is 21.0. The predicted molar refractivity (Wildman–Crippen MR) is 69.7 cm³/mol. The number of nitro groups is 1. The van der Waals surface area contributed by atoms with Gasteiger partial charge in [-0.15, -0.1) is 0 Å². The Morgan fingerprint density at radius 1 is 1.19 bits per heavy atom. The van der Waals surface area contributed by atoms with E-state index in [2.05, 4.69) is 5.32 Å². The van der Waals surface area contributed by atoms with Crippen LogP contribution in [0.4, 0.5) is 25.8 Å². The minimum Gasteiger partial charge on any atom is -0.478 e. The average molecular weight is 294 g/mol. The quantitative estimate of drug-likeness (QED) is 0.666. The van der Waals surface area contributed by atoms with Crippen molar-refractivity contribution in [3.8, 4) is 0 Å². The largest absolute Gasteiger partial charge is 0.478 e. The summed E-state index contributed by atoms with van der Waals surface area (Å²) in [7, 11) is 0. The Morgan fingerprint density at radius 2 is 1.81 bits per heavy atom. The smallest absolute Gasteiger partial charge is 0.338 e. The van der Waals surface area contributed by atoms with Crippen molar-refractivity contribution in [3.05, 3.63) is 63.7 Å². The summed E-state index contributed by atoms with van der Waals surface area (Å²) in [6, 6.07) is 6.07. The van der Waals surface area contributed by atoms with Crippen LogP contribution in [-0.2, 0) is 0 Å². The molecule has 0 aliphatic heterocycles. The molecule has 6 nitrogen and oxygen atoms in total. The van der Waals surface area contributed by atoms with Gasteiger partial charge >= 0.3 is 5.97 Å². The Bertz CT molecular complexity index is 714. The number of non-ortho nitro benzene ring substituents is 1. The topological polar surface area (TPSA) is 92.5 Å². The van der Waals surface area contributed by atoms with E-state index in [1.165, 1.54) is 0 Å². The number of para-hydroxylation sites is 1. The molecule has 0 spiro atoms. The molecule has 2 N–H and O–H groups in total. The first kappa shape index (κ1) is 14.4. The number of hydrogen-bond acceptors (Lipinski definition) is 4. The van der Waals surface area contributed by atoms with Crippen LogP contribution >= 0.6 is 0 Å². The van der Waals surface area contributed by atoms with Gasteiger partial charge in [0, 0.05) is 12.1 Å². The fourth-order valence-electron chi connectivity index (χ4n) is 1.68. The number of nitrogens with zero attached hydrogens (tertiary/aromatic N) is 1. The Hall–Kier alpha value is -3.03. The molecule has 0 aliphatic carbocycles. The lowest BCUT2D eigenvalue weighted by Crippen LogP contribution is -2.05. The van der Waals surface area contributed by atoms with Crippen LogP contribution in [0.15, 0.2) is 36.4 Å². The van der Waals surface area contributed by atoms with Gasteiger partial charge in [-0.3, -0.25) is 10.1 Å². The van der Waals surface area contributed by atoms with Crippen molar-refractivity contribution >= 4 is 23.0 Å². The number of carboxylic acids is 1. The first-order chi connectivity index (χ1) is 9.90.